The summed E-state index contributed by atoms with van der Waals surface area (Å²) >= 11 is 0. The van der Waals surface area contributed by atoms with E-state index in [-0.39, 0.29) is 6.42 Å². The molecule has 0 unspecified atom stereocenters. The molecule has 1 aromatic carbocycles. The van der Waals surface area contributed by atoms with Gasteiger partial charge in [0.05, 0.1) is 12.6 Å². The first-order valence-electron chi connectivity index (χ1n) is 7.38. The molecule has 0 aliphatic rings. The van der Waals surface area contributed by atoms with E-state index in [4.69, 9.17) is 5.73 Å². The van der Waals surface area contributed by atoms with Crippen LogP contribution in [0.5, 0.6) is 0 Å². The lowest BCUT2D eigenvalue weighted by Crippen LogP contribution is -2.34. The van der Waals surface area contributed by atoms with E-state index in [1.807, 2.05) is 32.9 Å². The van der Waals surface area contributed by atoms with Crippen molar-refractivity contribution in [2.45, 2.75) is 38.6 Å². The van der Waals surface area contributed by atoms with E-state index in [9.17, 15) is 14.7 Å². The highest BCUT2D eigenvalue weighted by Gasteiger charge is 2.31. The van der Waals surface area contributed by atoms with Gasteiger partial charge < -0.3 is 15.6 Å². The van der Waals surface area contributed by atoms with Gasteiger partial charge in [0.1, 0.15) is 6.04 Å². The molecular formula is C17H22N2O4. The zero-order chi connectivity index (χ0) is 17.4. The van der Waals surface area contributed by atoms with Crippen molar-refractivity contribution in [3.05, 3.63) is 35.5 Å². The molecule has 6 heteroatoms. The number of carbonyl (C=O) groups excluding carboxylic acids is 1. The van der Waals surface area contributed by atoms with Gasteiger partial charge >= 0.3 is 12.1 Å². The predicted molar refractivity (Wildman–Crippen MR) is 87.8 cm³/mol. The Labute approximate surface area is 134 Å². The number of methoxy groups -OCH3 is 1. The number of nitrogens with two attached hydrogens (primary N) is 1. The van der Waals surface area contributed by atoms with Crippen LogP contribution in [-0.2, 0) is 21.4 Å². The van der Waals surface area contributed by atoms with Crippen LogP contribution in [0.2, 0.25) is 0 Å². The molecule has 0 fully saturated rings. The largest absolute Gasteiger partial charge is 0.468 e. The molecule has 6 nitrogen and oxygen atoms in total. The summed E-state index contributed by atoms with van der Waals surface area (Å²) in [4.78, 5) is 23.5. The lowest BCUT2D eigenvalue weighted by Gasteiger charge is -2.23. The number of carbonyl (C=O) groups is 2. The normalized spacial score (nSPS) is 13.1. The summed E-state index contributed by atoms with van der Waals surface area (Å²) in [5.74, 6) is -0.517. The summed E-state index contributed by atoms with van der Waals surface area (Å²) in [6, 6.07) is 6.40. The monoisotopic (exact) mass is 318 g/mol. The third-order valence-electron chi connectivity index (χ3n) is 3.81. The Morgan fingerprint density at radius 1 is 1.30 bits per heavy atom. The summed E-state index contributed by atoms with van der Waals surface area (Å²) in [6.45, 7) is 5.81. The summed E-state index contributed by atoms with van der Waals surface area (Å²) in [5.41, 5.74) is 7.50. The number of esters is 1. The zero-order valence-electron chi connectivity index (χ0n) is 13.8. The van der Waals surface area contributed by atoms with Gasteiger partial charge in [0, 0.05) is 22.9 Å². The number of para-hydroxylation sites is 1. The Kier molecular flexibility index (Phi) is 4.47. The van der Waals surface area contributed by atoms with Crippen molar-refractivity contribution in [3.63, 3.8) is 0 Å². The summed E-state index contributed by atoms with van der Waals surface area (Å²) in [6.07, 6.45) is -0.830. The highest BCUT2D eigenvalue weighted by molar-refractivity contribution is 5.94. The Morgan fingerprint density at radius 3 is 2.43 bits per heavy atom. The van der Waals surface area contributed by atoms with Gasteiger partial charge in [-0.15, -0.1) is 0 Å². The molecule has 0 aliphatic heterocycles. The highest BCUT2D eigenvalue weighted by atomic mass is 16.5. The average molecular weight is 318 g/mol. The van der Waals surface area contributed by atoms with E-state index in [1.54, 1.807) is 12.1 Å². The molecule has 0 radical (unpaired) electrons. The number of carboxylic acid groups (broad SMARTS) is 1. The van der Waals surface area contributed by atoms with E-state index in [1.165, 1.54) is 11.7 Å². The molecule has 1 atom stereocenters. The van der Waals surface area contributed by atoms with Crippen LogP contribution in [0.4, 0.5) is 4.79 Å². The first-order valence-corrected chi connectivity index (χ1v) is 7.38. The van der Waals surface area contributed by atoms with Crippen molar-refractivity contribution in [1.29, 1.82) is 0 Å². The van der Waals surface area contributed by atoms with Crippen molar-refractivity contribution in [1.82, 2.24) is 4.57 Å². The van der Waals surface area contributed by atoms with E-state index in [0.717, 1.165) is 10.9 Å². The maximum absolute atomic E-state index is 11.8. The second-order valence-electron chi connectivity index (χ2n) is 6.55. The van der Waals surface area contributed by atoms with Crippen molar-refractivity contribution in [3.8, 4) is 0 Å². The van der Waals surface area contributed by atoms with Gasteiger partial charge in [-0.3, -0.25) is 4.79 Å². The number of rotatable bonds is 3. The second-order valence-corrected chi connectivity index (χ2v) is 6.55. The molecule has 3 N–H and O–H groups in total. The quantitative estimate of drug-likeness (QED) is 0.848. The van der Waals surface area contributed by atoms with Gasteiger partial charge in [0.25, 0.3) is 0 Å². The van der Waals surface area contributed by atoms with Gasteiger partial charge in [0.15, 0.2) is 0 Å². The molecule has 0 spiro atoms. The summed E-state index contributed by atoms with van der Waals surface area (Å²) < 4.78 is 5.98. The molecule has 0 saturated heterocycles. The highest BCUT2D eigenvalue weighted by Crippen LogP contribution is 2.35. The Balaban J connectivity index is 2.76. The van der Waals surface area contributed by atoms with Crippen LogP contribution < -0.4 is 5.73 Å². The molecule has 0 saturated carbocycles. The van der Waals surface area contributed by atoms with Gasteiger partial charge in [-0.2, -0.15) is 0 Å². The minimum Gasteiger partial charge on any atom is -0.468 e. The van der Waals surface area contributed by atoms with Crippen LogP contribution in [0.25, 0.3) is 10.9 Å². The minimum atomic E-state index is -1.05. The topological polar surface area (TPSA) is 94.5 Å². The molecule has 0 bridgehead atoms. The van der Waals surface area contributed by atoms with Gasteiger partial charge in [0.2, 0.25) is 0 Å². The predicted octanol–water partition coefficient (Wildman–Crippen LogP) is 2.51. The standard InChI is InChI=1S/C17H22N2O4/c1-17(2,3)14-11(9-12(18)15(20)23-4)10-7-5-6-8-13(10)19(14)16(21)22/h5-8,12H,9,18H2,1-4H3,(H,21,22)/t12-/m1/s1. The lowest BCUT2D eigenvalue weighted by atomic mass is 9.86. The van der Waals surface area contributed by atoms with E-state index < -0.39 is 23.5 Å². The maximum Gasteiger partial charge on any atom is 0.416 e. The number of hydrogen-bond donors (Lipinski definition) is 2. The van der Waals surface area contributed by atoms with Crippen LogP contribution in [0.1, 0.15) is 32.0 Å². The zero-order valence-corrected chi connectivity index (χ0v) is 13.8. The number of benzene rings is 1. The van der Waals surface area contributed by atoms with Crippen LogP contribution in [0.3, 0.4) is 0 Å². The fourth-order valence-corrected chi connectivity index (χ4v) is 2.95. The molecular weight excluding hydrogens is 296 g/mol. The van der Waals surface area contributed by atoms with Gasteiger partial charge in [-0.25, -0.2) is 9.36 Å². The van der Waals surface area contributed by atoms with Crippen LogP contribution >= 0.6 is 0 Å². The third kappa shape index (κ3) is 3.07. The molecule has 23 heavy (non-hydrogen) atoms. The first kappa shape index (κ1) is 17.0. The Hall–Kier alpha value is -2.34. The van der Waals surface area contributed by atoms with Crippen molar-refractivity contribution >= 4 is 23.0 Å². The number of hydrogen-bond acceptors (Lipinski definition) is 4. The van der Waals surface area contributed by atoms with Crippen molar-refractivity contribution < 1.29 is 19.4 Å². The number of aromatic nitrogens is 1. The molecule has 1 aromatic heterocycles. The second kappa shape index (κ2) is 6.04. The Morgan fingerprint density at radius 2 is 1.91 bits per heavy atom. The molecule has 0 amide bonds. The van der Waals surface area contributed by atoms with E-state index in [2.05, 4.69) is 4.74 Å². The smallest absolute Gasteiger partial charge is 0.416 e. The minimum absolute atomic E-state index is 0.222. The van der Waals surface area contributed by atoms with Crippen LogP contribution in [0, 0.1) is 0 Å². The molecule has 2 rings (SSSR count). The number of ether oxygens (including phenoxy) is 1. The summed E-state index contributed by atoms with van der Waals surface area (Å²) in [7, 11) is 1.29. The van der Waals surface area contributed by atoms with Crippen molar-refractivity contribution in [2.75, 3.05) is 7.11 Å². The maximum atomic E-state index is 11.8. The van der Waals surface area contributed by atoms with E-state index >= 15 is 0 Å². The Bertz CT molecular complexity index is 756. The fourth-order valence-electron chi connectivity index (χ4n) is 2.95. The first-order chi connectivity index (χ1) is 10.7. The molecule has 0 aliphatic carbocycles. The number of nitrogens with zero attached hydrogens (tertiary/aromatic N) is 1. The SMILES string of the molecule is COC(=O)[C@H](N)Cc1c(C(C)(C)C)n(C(=O)O)c2ccccc12. The van der Waals surface area contributed by atoms with Crippen molar-refractivity contribution in [2.24, 2.45) is 5.73 Å². The third-order valence-corrected chi connectivity index (χ3v) is 3.81. The molecule has 1 heterocycles. The molecule has 2 aromatic rings. The average Bonchev–Trinajstić information content (AvgIpc) is 2.81. The lowest BCUT2D eigenvalue weighted by molar-refractivity contribution is -0.142. The van der Waals surface area contributed by atoms with Crippen LogP contribution in [-0.4, -0.2) is 34.9 Å². The van der Waals surface area contributed by atoms with Crippen LogP contribution in [0.15, 0.2) is 24.3 Å². The fraction of sp³-hybridized carbons (Fsp3) is 0.412. The summed E-state index contributed by atoms with van der Waals surface area (Å²) in [5, 5.41) is 10.5. The van der Waals surface area contributed by atoms with Gasteiger partial charge in [-0.1, -0.05) is 39.0 Å². The number of fused-ring (bicyclic) bond motifs is 1. The molecule has 124 valence electrons. The van der Waals surface area contributed by atoms with E-state index in [0.29, 0.717) is 11.2 Å². The van der Waals surface area contributed by atoms with Gasteiger partial charge in [-0.05, 0) is 11.6 Å².